The highest BCUT2D eigenvalue weighted by Crippen LogP contribution is 2.16. The highest BCUT2D eigenvalue weighted by molar-refractivity contribution is 7.89. The van der Waals surface area contributed by atoms with E-state index in [1.54, 1.807) is 25.1 Å². The Bertz CT molecular complexity index is 484. The summed E-state index contributed by atoms with van der Waals surface area (Å²) >= 11 is 0. The van der Waals surface area contributed by atoms with Crippen molar-refractivity contribution >= 4 is 10.0 Å². The predicted molar refractivity (Wildman–Crippen MR) is 73.8 cm³/mol. The Morgan fingerprint density at radius 1 is 1.28 bits per heavy atom. The van der Waals surface area contributed by atoms with Crippen LogP contribution in [-0.4, -0.2) is 21.0 Å². The molecule has 1 aromatic carbocycles. The van der Waals surface area contributed by atoms with Gasteiger partial charge in [0.2, 0.25) is 10.0 Å². The fourth-order valence-electron chi connectivity index (χ4n) is 1.83. The minimum absolute atomic E-state index is 0.125. The average Bonchev–Trinajstić information content (AvgIpc) is 2.28. The largest absolute Gasteiger partial charge is 0.330 e. The fourth-order valence-corrected chi connectivity index (χ4v) is 3.49. The van der Waals surface area contributed by atoms with Crippen molar-refractivity contribution < 1.29 is 8.42 Å². The molecule has 1 aromatic rings. The van der Waals surface area contributed by atoms with Gasteiger partial charge in [0.25, 0.3) is 0 Å². The van der Waals surface area contributed by atoms with Crippen LogP contribution in [-0.2, 0) is 10.0 Å². The molecule has 0 aliphatic rings. The number of nitrogens with one attached hydrogen (secondary N) is 1. The van der Waals surface area contributed by atoms with Crippen LogP contribution in [0.25, 0.3) is 0 Å². The lowest BCUT2D eigenvalue weighted by Crippen LogP contribution is -2.40. The lowest BCUT2D eigenvalue weighted by atomic mass is 10.0. The molecule has 0 fully saturated rings. The number of sulfonamides is 1. The monoisotopic (exact) mass is 270 g/mol. The van der Waals surface area contributed by atoms with E-state index in [0.717, 1.165) is 5.56 Å². The van der Waals surface area contributed by atoms with Gasteiger partial charge in [-0.15, -0.1) is 0 Å². The zero-order chi connectivity index (χ0) is 13.8. The van der Waals surface area contributed by atoms with Crippen molar-refractivity contribution in [3.05, 3.63) is 29.8 Å². The lowest BCUT2D eigenvalue weighted by Gasteiger charge is -2.22. The van der Waals surface area contributed by atoms with Crippen molar-refractivity contribution in [2.45, 2.75) is 38.1 Å². The fraction of sp³-hybridized carbons (Fsp3) is 0.538. The molecule has 1 rings (SSSR count). The maximum absolute atomic E-state index is 12.3. The Morgan fingerprint density at radius 3 is 2.39 bits per heavy atom. The van der Waals surface area contributed by atoms with Gasteiger partial charge in [-0.1, -0.05) is 32.0 Å². The summed E-state index contributed by atoms with van der Waals surface area (Å²) in [7, 11) is -3.46. The molecule has 102 valence electrons. The second-order valence-electron chi connectivity index (χ2n) is 4.81. The minimum Gasteiger partial charge on any atom is -0.330 e. The minimum atomic E-state index is -3.46. The highest BCUT2D eigenvalue weighted by atomic mass is 32.2. The third kappa shape index (κ3) is 3.80. The van der Waals surface area contributed by atoms with Crippen LogP contribution in [0.1, 0.15) is 25.8 Å². The van der Waals surface area contributed by atoms with Crippen molar-refractivity contribution in [2.75, 3.05) is 6.54 Å². The third-order valence-electron chi connectivity index (χ3n) is 2.97. The first-order valence-corrected chi connectivity index (χ1v) is 7.65. The van der Waals surface area contributed by atoms with Crippen LogP contribution >= 0.6 is 0 Å². The van der Waals surface area contributed by atoms with Crippen LogP contribution in [0.15, 0.2) is 29.2 Å². The molecule has 0 aliphatic heterocycles. The number of nitrogens with two attached hydrogens (primary N) is 1. The van der Waals surface area contributed by atoms with Gasteiger partial charge in [0.05, 0.1) is 4.90 Å². The molecule has 18 heavy (non-hydrogen) atoms. The first kappa shape index (κ1) is 15.1. The number of benzene rings is 1. The van der Waals surface area contributed by atoms with E-state index in [9.17, 15) is 8.42 Å². The van der Waals surface area contributed by atoms with Gasteiger partial charge in [-0.25, -0.2) is 13.1 Å². The van der Waals surface area contributed by atoms with Crippen LogP contribution in [0.4, 0.5) is 0 Å². The van der Waals surface area contributed by atoms with E-state index in [1.807, 2.05) is 19.9 Å². The summed E-state index contributed by atoms with van der Waals surface area (Å²) in [5.41, 5.74) is 6.27. The normalized spacial score (nSPS) is 13.8. The van der Waals surface area contributed by atoms with Crippen molar-refractivity contribution in [1.82, 2.24) is 4.72 Å². The molecule has 4 nitrogen and oxygen atoms in total. The van der Waals surface area contributed by atoms with Crippen LogP contribution in [0.5, 0.6) is 0 Å². The first-order chi connectivity index (χ1) is 8.38. The maximum Gasteiger partial charge on any atom is 0.241 e. The average molecular weight is 270 g/mol. The van der Waals surface area contributed by atoms with Gasteiger partial charge in [0.15, 0.2) is 0 Å². The quantitative estimate of drug-likeness (QED) is 0.825. The first-order valence-electron chi connectivity index (χ1n) is 6.16. The van der Waals surface area contributed by atoms with Crippen molar-refractivity contribution in [3.8, 4) is 0 Å². The zero-order valence-electron chi connectivity index (χ0n) is 11.2. The number of hydrogen-bond acceptors (Lipinski definition) is 3. The second kappa shape index (κ2) is 6.31. The van der Waals surface area contributed by atoms with Crippen LogP contribution < -0.4 is 10.5 Å². The summed E-state index contributed by atoms with van der Waals surface area (Å²) in [6.45, 7) is 6.24. The second-order valence-corrected chi connectivity index (χ2v) is 6.50. The van der Waals surface area contributed by atoms with Gasteiger partial charge < -0.3 is 5.73 Å². The molecule has 5 heteroatoms. The summed E-state index contributed by atoms with van der Waals surface area (Å²) in [5.74, 6) is 0.215. The van der Waals surface area contributed by atoms with Gasteiger partial charge in [-0.05, 0) is 37.4 Å². The number of hydrogen-bond donors (Lipinski definition) is 2. The number of rotatable bonds is 6. The Morgan fingerprint density at radius 2 is 1.89 bits per heavy atom. The van der Waals surface area contributed by atoms with Crippen LogP contribution in [0.3, 0.4) is 0 Å². The van der Waals surface area contributed by atoms with Gasteiger partial charge in [-0.3, -0.25) is 0 Å². The molecule has 0 saturated heterocycles. The van der Waals surface area contributed by atoms with Gasteiger partial charge >= 0.3 is 0 Å². The molecule has 0 spiro atoms. The van der Waals surface area contributed by atoms with Gasteiger partial charge in [-0.2, -0.15) is 0 Å². The molecule has 1 unspecified atom stereocenters. The summed E-state index contributed by atoms with van der Waals surface area (Å²) in [6, 6.07) is 6.85. The Hall–Kier alpha value is -0.910. The summed E-state index contributed by atoms with van der Waals surface area (Å²) < 4.78 is 27.3. The molecule has 0 heterocycles. The molecular weight excluding hydrogens is 248 g/mol. The standard InChI is InChI=1S/C13H22N2O2S/c1-10(2)12(8-9-14)15-18(16,17)13-7-5-4-6-11(13)3/h4-7,10,12,15H,8-9,14H2,1-3H3. The molecule has 0 saturated carbocycles. The Labute approximate surface area is 110 Å². The summed E-state index contributed by atoms with van der Waals surface area (Å²) in [4.78, 5) is 0.340. The summed E-state index contributed by atoms with van der Waals surface area (Å²) in [5, 5.41) is 0. The molecule has 1 atom stereocenters. The highest BCUT2D eigenvalue weighted by Gasteiger charge is 2.22. The molecule has 0 bridgehead atoms. The molecular formula is C13H22N2O2S. The smallest absolute Gasteiger partial charge is 0.241 e. The molecule has 0 aromatic heterocycles. The van der Waals surface area contributed by atoms with Crippen LogP contribution in [0, 0.1) is 12.8 Å². The van der Waals surface area contributed by atoms with E-state index in [2.05, 4.69) is 4.72 Å². The molecule has 3 N–H and O–H groups in total. The van der Waals surface area contributed by atoms with E-state index >= 15 is 0 Å². The predicted octanol–water partition coefficient (Wildman–Crippen LogP) is 1.65. The Kier molecular flexibility index (Phi) is 5.31. The van der Waals surface area contributed by atoms with E-state index < -0.39 is 10.0 Å². The summed E-state index contributed by atoms with van der Waals surface area (Å²) in [6.07, 6.45) is 0.642. The van der Waals surface area contributed by atoms with E-state index in [1.165, 1.54) is 0 Å². The SMILES string of the molecule is Cc1ccccc1S(=O)(=O)NC(CCN)C(C)C. The topological polar surface area (TPSA) is 72.2 Å². The van der Waals surface area contributed by atoms with Crippen molar-refractivity contribution in [1.29, 1.82) is 0 Å². The van der Waals surface area contributed by atoms with Crippen molar-refractivity contribution in [2.24, 2.45) is 11.7 Å². The number of aryl methyl sites for hydroxylation is 1. The molecule has 0 aliphatic carbocycles. The molecule has 0 amide bonds. The Balaban J connectivity index is 2.97. The van der Waals surface area contributed by atoms with E-state index in [4.69, 9.17) is 5.73 Å². The molecule has 0 radical (unpaired) electrons. The van der Waals surface area contributed by atoms with Gasteiger partial charge in [0.1, 0.15) is 0 Å². The van der Waals surface area contributed by atoms with E-state index in [-0.39, 0.29) is 12.0 Å². The lowest BCUT2D eigenvalue weighted by molar-refractivity contribution is 0.428. The van der Waals surface area contributed by atoms with Gasteiger partial charge in [0, 0.05) is 6.04 Å². The van der Waals surface area contributed by atoms with Crippen molar-refractivity contribution in [3.63, 3.8) is 0 Å². The van der Waals surface area contributed by atoms with Crippen LogP contribution in [0.2, 0.25) is 0 Å². The van der Waals surface area contributed by atoms with E-state index in [0.29, 0.717) is 17.9 Å². The zero-order valence-corrected chi connectivity index (χ0v) is 12.0. The third-order valence-corrected chi connectivity index (χ3v) is 4.62. The maximum atomic E-state index is 12.3.